The molecule has 0 fully saturated rings. The van der Waals surface area contributed by atoms with Crippen molar-refractivity contribution >= 4 is 22.5 Å². The predicted molar refractivity (Wildman–Crippen MR) is 89.0 cm³/mol. The van der Waals surface area contributed by atoms with E-state index in [1.165, 1.54) is 10.9 Å². The van der Waals surface area contributed by atoms with E-state index in [1.807, 2.05) is 31.2 Å². The maximum atomic E-state index is 12.1. The molecular formula is C18H19N3O. The van der Waals surface area contributed by atoms with Gasteiger partial charge in [0.25, 0.3) is 0 Å². The van der Waals surface area contributed by atoms with E-state index in [0.29, 0.717) is 6.42 Å². The maximum Gasteiger partial charge on any atom is 0.224 e. The lowest BCUT2D eigenvalue weighted by Gasteiger charge is -2.06. The number of hydrogen-bond acceptors (Lipinski definition) is 2. The summed E-state index contributed by atoms with van der Waals surface area (Å²) in [5, 5.41) is 4.13. The largest absolute Gasteiger partial charge is 0.358 e. The zero-order chi connectivity index (χ0) is 15.5. The molecule has 0 unspecified atom stereocenters. The SMILES string of the molecule is Cc1cc(NC(=O)CCc2c(C)[nH]c3ccccc23)ccn1. The summed E-state index contributed by atoms with van der Waals surface area (Å²) in [7, 11) is 0. The minimum absolute atomic E-state index is 0.0234. The number of carbonyl (C=O) groups is 1. The van der Waals surface area contributed by atoms with Gasteiger partial charge in [-0.2, -0.15) is 0 Å². The summed E-state index contributed by atoms with van der Waals surface area (Å²) in [6, 6.07) is 11.9. The number of fused-ring (bicyclic) bond motifs is 1. The molecule has 0 radical (unpaired) electrons. The fraction of sp³-hybridized carbons (Fsp3) is 0.222. The van der Waals surface area contributed by atoms with Crippen LogP contribution in [-0.2, 0) is 11.2 Å². The van der Waals surface area contributed by atoms with Gasteiger partial charge < -0.3 is 10.3 Å². The van der Waals surface area contributed by atoms with Crippen molar-refractivity contribution in [2.75, 3.05) is 5.32 Å². The van der Waals surface area contributed by atoms with Crippen LogP contribution in [0.2, 0.25) is 0 Å². The third kappa shape index (κ3) is 3.01. The maximum absolute atomic E-state index is 12.1. The molecule has 3 rings (SSSR count). The van der Waals surface area contributed by atoms with Gasteiger partial charge in [0.2, 0.25) is 5.91 Å². The molecule has 0 aliphatic carbocycles. The highest BCUT2D eigenvalue weighted by Gasteiger charge is 2.10. The number of carbonyl (C=O) groups excluding carboxylic acids is 1. The van der Waals surface area contributed by atoms with Crippen molar-refractivity contribution in [2.45, 2.75) is 26.7 Å². The Labute approximate surface area is 129 Å². The lowest BCUT2D eigenvalue weighted by molar-refractivity contribution is -0.116. The van der Waals surface area contributed by atoms with Crippen molar-refractivity contribution in [1.29, 1.82) is 0 Å². The van der Waals surface area contributed by atoms with Crippen molar-refractivity contribution in [2.24, 2.45) is 0 Å². The summed E-state index contributed by atoms with van der Waals surface area (Å²) in [6.45, 7) is 3.96. The van der Waals surface area contributed by atoms with E-state index < -0.39 is 0 Å². The van der Waals surface area contributed by atoms with Crippen LogP contribution in [0.15, 0.2) is 42.6 Å². The Hall–Kier alpha value is -2.62. The summed E-state index contributed by atoms with van der Waals surface area (Å²) in [5.41, 5.74) is 5.17. The summed E-state index contributed by atoms with van der Waals surface area (Å²) in [4.78, 5) is 19.6. The highest BCUT2D eigenvalue weighted by molar-refractivity contribution is 5.91. The molecule has 112 valence electrons. The fourth-order valence-electron chi connectivity index (χ4n) is 2.74. The number of anilines is 1. The van der Waals surface area contributed by atoms with Crippen molar-refractivity contribution in [1.82, 2.24) is 9.97 Å². The van der Waals surface area contributed by atoms with Crippen LogP contribution in [0.4, 0.5) is 5.69 Å². The van der Waals surface area contributed by atoms with Crippen molar-refractivity contribution < 1.29 is 4.79 Å². The second kappa shape index (κ2) is 6.02. The molecule has 0 saturated carbocycles. The highest BCUT2D eigenvalue weighted by atomic mass is 16.1. The molecule has 2 N–H and O–H groups in total. The van der Waals surface area contributed by atoms with Gasteiger partial charge in [0.15, 0.2) is 0 Å². The number of nitrogens with zero attached hydrogens (tertiary/aromatic N) is 1. The van der Waals surface area contributed by atoms with E-state index in [4.69, 9.17) is 0 Å². The lowest BCUT2D eigenvalue weighted by atomic mass is 10.1. The van der Waals surface area contributed by atoms with Crippen molar-refractivity contribution in [3.05, 3.63) is 59.5 Å². The fourth-order valence-corrected chi connectivity index (χ4v) is 2.74. The third-order valence-electron chi connectivity index (χ3n) is 3.81. The lowest BCUT2D eigenvalue weighted by Crippen LogP contribution is -2.12. The van der Waals surface area contributed by atoms with E-state index in [9.17, 15) is 4.79 Å². The number of para-hydroxylation sites is 1. The van der Waals surface area contributed by atoms with Gasteiger partial charge in [-0.15, -0.1) is 0 Å². The zero-order valence-corrected chi connectivity index (χ0v) is 12.8. The van der Waals surface area contributed by atoms with E-state index >= 15 is 0 Å². The number of hydrogen-bond donors (Lipinski definition) is 2. The first-order valence-electron chi connectivity index (χ1n) is 7.42. The number of benzene rings is 1. The van der Waals surface area contributed by atoms with Gasteiger partial charge in [-0.3, -0.25) is 9.78 Å². The highest BCUT2D eigenvalue weighted by Crippen LogP contribution is 2.23. The van der Waals surface area contributed by atoms with Crippen LogP contribution in [0.5, 0.6) is 0 Å². The van der Waals surface area contributed by atoms with Gasteiger partial charge in [0.1, 0.15) is 0 Å². The first-order valence-corrected chi connectivity index (χ1v) is 7.42. The van der Waals surface area contributed by atoms with Gasteiger partial charge in [-0.1, -0.05) is 18.2 Å². The van der Waals surface area contributed by atoms with E-state index in [2.05, 4.69) is 34.3 Å². The Balaban J connectivity index is 1.69. The average Bonchev–Trinajstić information content (AvgIpc) is 2.80. The van der Waals surface area contributed by atoms with E-state index in [0.717, 1.165) is 29.0 Å². The monoisotopic (exact) mass is 293 g/mol. The number of aromatic nitrogens is 2. The van der Waals surface area contributed by atoms with Crippen LogP contribution in [0.1, 0.15) is 23.4 Å². The Morgan fingerprint density at radius 2 is 2.05 bits per heavy atom. The molecule has 4 nitrogen and oxygen atoms in total. The minimum atomic E-state index is 0.0234. The molecule has 0 aliphatic rings. The molecule has 0 spiro atoms. The topological polar surface area (TPSA) is 57.8 Å². The van der Waals surface area contributed by atoms with Crippen LogP contribution in [-0.4, -0.2) is 15.9 Å². The molecule has 0 saturated heterocycles. The standard InChI is InChI=1S/C18H19N3O/c1-12-11-14(9-10-19-12)21-18(22)8-7-15-13(2)20-17-6-4-3-5-16(15)17/h3-6,9-11,20H,7-8H2,1-2H3,(H,19,21,22). The third-order valence-corrected chi connectivity index (χ3v) is 3.81. The van der Waals surface area contributed by atoms with Crippen LogP contribution in [0.25, 0.3) is 10.9 Å². The molecule has 0 aliphatic heterocycles. The van der Waals surface area contributed by atoms with Crippen molar-refractivity contribution in [3.63, 3.8) is 0 Å². The summed E-state index contributed by atoms with van der Waals surface area (Å²) in [5.74, 6) is 0.0234. The summed E-state index contributed by atoms with van der Waals surface area (Å²) < 4.78 is 0. The van der Waals surface area contributed by atoms with Gasteiger partial charge in [-0.05, 0) is 44.0 Å². The molecule has 3 aromatic rings. The summed E-state index contributed by atoms with van der Waals surface area (Å²) in [6.07, 6.45) is 2.89. The van der Waals surface area contributed by atoms with Crippen LogP contribution < -0.4 is 5.32 Å². The van der Waals surface area contributed by atoms with Crippen LogP contribution in [0.3, 0.4) is 0 Å². The molecule has 0 atom stereocenters. The van der Waals surface area contributed by atoms with Crippen molar-refractivity contribution in [3.8, 4) is 0 Å². The second-order valence-corrected chi connectivity index (χ2v) is 5.51. The molecule has 4 heteroatoms. The number of nitrogens with one attached hydrogen (secondary N) is 2. The Kier molecular flexibility index (Phi) is 3.92. The molecule has 0 bridgehead atoms. The van der Waals surface area contributed by atoms with Gasteiger partial charge in [0.05, 0.1) is 0 Å². The first kappa shape index (κ1) is 14.3. The number of rotatable bonds is 4. The number of aryl methyl sites for hydroxylation is 3. The smallest absolute Gasteiger partial charge is 0.224 e. The van der Waals surface area contributed by atoms with Crippen LogP contribution in [0, 0.1) is 13.8 Å². The second-order valence-electron chi connectivity index (χ2n) is 5.51. The quantitative estimate of drug-likeness (QED) is 0.769. The number of aromatic amines is 1. The number of pyridine rings is 1. The molecule has 22 heavy (non-hydrogen) atoms. The molecule has 2 aromatic heterocycles. The Morgan fingerprint density at radius 3 is 2.86 bits per heavy atom. The minimum Gasteiger partial charge on any atom is -0.358 e. The average molecular weight is 293 g/mol. The normalized spacial score (nSPS) is 10.8. The molecule has 2 heterocycles. The Bertz CT molecular complexity index is 820. The summed E-state index contributed by atoms with van der Waals surface area (Å²) >= 11 is 0. The molecular weight excluding hydrogens is 274 g/mol. The zero-order valence-electron chi connectivity index (χ0n) is 12.8. The van der Waals surface area contributed by atoms with Gasteiger partial charge >= 0.3 is 0 Å². The van der Waals surface area contributed by atoms with Gasteiger partial charge in [-0.25, -0.2) is 0 Å². The molecule has 1 amide bonds. The number of H-pyrrole nitrogens is 1. The molecule has 1 aromatic carbocycles. The van der Waals surface area contributed by atoms with E-state index in [1.54, 1.807) is 6.20 Å². The first-order chi connectivity index (χ1) is 10.6. The Morgan fingerprint density at radius 1 is 1.23 bits per heavy atom. The predicted octanol–water partition coefficient (Wildman–Crippen LogP) is 3.75. The van der Waals surface area contributed by atoms with E-state index in [-0.39, 0.29) is 5.91 Å². The van der Waals surface area contributed by atoms with Crippen LogP contribution >= 0.6 is 0 Å². The number of amides is 1. The van der Waals surface area contributed by atoms with Gasteiger partial charge in [0, 0.05) is 40.6 Å².